The van der Waals surface area contributed by atoms with E-state index in [-0.39, 0.29) is 5.43 Å². The van der Waals surface area contributed by atoms with Gasteiger partial charge in [-0.1, -0.05) is 0 Å². The van der Waals surface area contributed by atoms with Crippen LogP contribution in [0.5, 0.6) is 5.75 Å². The summed E-state index contributed by atoms with van der Waals surface area (Å²) in [7, 11) is 0. The molecule has 126 valence electrons. The van der Waals surface area contributed by atoms with Gasteiger partial charge < -0.3 is 13.6 Å². The van der Waals surface area contributed by atoms with Gasteiger partial charge in [0.05, 0.1) is 18.3 Å². The highest BCUT2D eigenvalue weighted by molar-refractivity contribution is 6.17. The molecule has 5 nitrogen and oxygen atoms in total. The maximum absolute atomic E-state index is 12.5. The van der Waals surface area contributed by atoms with Crippen LogP contribution in [-0.4, -0.2) is 21.9 Å². The summed E-state index contributed by atoms with van der Waals surface area (Å²) in [5, 5.41) is 0.482. The summed E-state index contributed by atoms with van der Waals surface area (Å²) in [6.45, 7) is 0.514. The van der Waals surface area contributed by atoms with Gasteiger partial charge in [0.15, 0.2) is 11.2 Å². The molecule has 4 aromatic rings. The number of rotatable bonds is 5. The van der Waals surface area contributed by atoms with Crippen molar-refractivity contribution in [3.63, 3.8) is 0 Å². The number of hydrogen-bond donors (Lipinski definition) is 0. The molecule has 0 bridgehead atoms. The van der Waals surface area contributed by atoms with Crippen LogP contribution in [0, 0.1) is 0 Å². The molecule has 0 aliphatic carbocycles. The zero-order valence-corrected chi connectivity index (χ0v) is 14.1. The number of ether oxygens (including phenoxy) is 1. The third kappa shape index (κ3) is 3.10. The molecule has 0 aliphatic rings. The maximum atomic E-state index is 12.5. The molecule has 0 N–H and O–H groups in total. The number of hydrogen-bond acceptors (Lipinski definition) is 4. The summed E-state index contributed by atoms with van der Waals surface area (Å²) < 4.78 is 13.4. The highest BCUT2D eigenvalue weighted by atomic mass is 35.5. The first-order chi connectivity index (χ1) is 12.2. The van der Waals surface area contributed by atoms with Gasteiger partial charge in [-0.05, 0) is 42.8 Å². The Morgan fingerprint density at radius 2 is 2.12 bits per heavy atom. The minimum Gasteiger partial charge on any atom is -0.494 e. The second-order valence-corrected chi connectivity index (χ2v) is 6.02. The first-order valence-electron chi connectivity index (χ1n) is 7.94. The number of alkyl halides is 1. The zero-order valence-electron chi connectivity index (χ0n) is 13.3. The molecule has 25 heavy (non-hydrogen) atoms. The van der Waals surface area contributed by atoms with E-state index in [9.17, 15) is 4.79 Å². The van der Waals surface area contributed by atoms with E-state index < -0.39 is 0 Å². The fourth-order valence-corrected chi connectivity index (χ4v) is 2.78. The number of benzene rings is 1. The molecule has 0 atom stereocenters. The van der Waals surface area contributed by atoms with Crippen LogP contribution in [-0.2, 0) is 0 Å². The largest absolute Gasteiger partial charge is 0.494 e. The number of halogens is 1. The Bertz CT molecular complexity index is 1100. The van der Waals surface area contributed by atoms with Crippen LogP contribution in [0.4, 0.5) is 0 Å². The molecule has 3 aromatic heterocycles. The number of aromatic nitrogens is 2. The third-order valence-corrected chi connectivity index (χ3v) is 4.18. The predicted molar refractivity (Wildman–Crippen MR) is 97.5 cm³/mol. The fourth-order valence-electron chi connectivity index (χ4n) is 2.67. The van der Waals surface area contributed by atoms with Crippen molar-refractivity contribution >= 4 is 28.1 Å². The van der Waals surface area contributed by atoms with E-state index in [4.69, 9.17) is 20.8 Å². The fraction of sp³-hybridized carbons (Fsp3) is 0.158. The van der Waals surface area contributed by atoms with Crippen molar-refractivity contribution in [3.05, 3.63) is 65.2 Å². The van der Waals surface area contributed by atoms with E-state index in [1.807, 2.05) is 28.8 Å². The Kier molecular flexibility index (Phi) is 4.15. The third-order valence-electron chi connectivity index (χ3n) is 3.92. The van der Waals surface area contributed by atoms with Crippen LogP contribution >= 0.6 is 11.6 Å². The second kappa shape index (κ2) is 6.61. The molecule has 0 spiro atoms. The van der Waals surface area contributed by atoms with Crippen LogP contribution in [0.3, 0.4) is 0 Å². The lowest BCUT2D eigenvalue weighted by molar-refractivity contribution is 0.318. The smallest absolute Gasteiger partial charge is 0.193 e. The average Bonchev–Trinajstić information content (AvgIpc) is 3.10. The van der Waals surface area contributed by atoms with Crippen molar-refractivity contribution in [2.45, 2.75) is 6.42 Å². The minimum atomic E-state index is -0.129. The lowest BCUT2D eigenvalue weighted by Gasteiger charge is -2.07. The molecule has 6 heteroatoms. The van der Waals surface area contributed by atoms with E-state index in [1.165, 1.54) is 6.07 Å². The molecule has 0 aliphatic heterocycles. The van der Waals surface area contributed by atoms with E-state index in [2.05, 4.69) is 4.98 Å². The standard InChI is InChI=1S/C19H15ClN2O3/c20-6-2-8-24-14-4-5-18-15(10-14)17(23)11-19(25-18)16-9-13-3-1-7-22(13)12-21-16/h1,3-5,7,9-12H,2,6,8H2. The summed E-state index contributed by atoms with van der Waals surface area (Å²) in [6.07, 6.45) is 4.36. The number of nitrogens with zero attached hydrogens (tertiary/aromatic N) is 2. The first kappa shape index (κ1) is 15.7. The molecule has 3 heterocycles. The Morgan fingerprint density at radius 1 is 1.20 bits per heavy atom. The second-order valence-electron chi connectivity index (χ2n) is 5.64. The van der Waals surface area contributed by atoms with Crippen LogP contribution in [0.15, 0.2) is 64.2 Å². The first-order valence-corrected chi connectivity index (χ1v) is 8.48. The summed E-state index contributed by atoms with van der Waals surface area (Å²) >= 11 is 5.64. The molecular weight excluding hydrogens is 340 g/mol. The Balaban J connectivity index is 1.73. The van der Waals surface area contributed by atoms with Gasteiger partial charge in [0.1, 0.15) is 17.0 Å². The highest BCUT2D eigenvalue weighted by Gasteiger charge is 2.10. The van der Waals surface area contributed by atoms with E-state index in [1.54, 1.807) is 24.5 Å². The molecular formula is C19H15ClN2O3. The summed E-state index contributed by atoms with van der Waals surface area (Å²) in [5.41, 5.74) is 1.98. The van der Waals surface area contributed by atoms with Crippen LogP contribution < -0.4 is 10.2 Å². The van der Waals surface area contributed by atoms with Gasteiger partial charge in [0, 0.05) is 23.7 Å². The van der Waals surface area contributed by atoms with Gasteiger partial charge in [-0.25, -0.2) is 4.98 Å². The van der Waals surface area contributed by atoms with Gasteiger partial charge >= 0.3 is 0 Å². The Labute approximate surface area is 148 Å². The number of fused-ring (bicyclic) bond motifs is 2. The lowest BCUT2D eigenvalue weighted by atomic mass is 10.2. The predicted octanol–water partition coefficient (Wildman–Crippen LogP) is 4.12. The molecule has 1 aromatic carbocycles. The van der Waals surface area contributed by atoms with Crippen molar-refractivity contribution in [3.8, 4) is 17.2 Å². The summed E-state index contributed by atoms with van der Waals surface area (Å²) in [4.78, 5) is 16.9. The van der Waals surface area contributed by atoms with Gasteiger partial charge in [-0.3, -0.25) is 4.79 Å². The summed E-state index contributed by atoms with van der Waals surface area (Å²) in [6, 6.07) is 12.5. The van der Waals surface area contributed by atoms with Crippen molar-refractivity contribution in [2.75, 3.05) is 12.5 Å². The molecule has 0 radical (unpaired) electrons. The molecule has 4 rings (SSSR count). The summed E-state index contributed by atoms with van der Waals surface area (Å²) in [5.74, 6) is 1.61. The van der Waals surface area contributed by atoms with Crippen LogP contribution in [0.25, 0.3) is 27.9 Å². The van der Waals surface area contributed by atoms with E-state index >= 15 is 0 Å². The van der Waals surface area contributed by atoms with E-state index in [0.29, 0.717) is 40.7 Å². The van der Waals surface area contributed by atoms with Crippen molar-refractivity contribution in [2.24, 2.45) is 0 Å². The average molecular weight is 355 g/mol. The molecule has 0 saturated carbocycles. The SMILES string of the molecule is O=c1cc(-c2cc3cccn3cn2)oc2ccc(OCCCCl)cc12. The van der Waals surface area contributed by atoms with Crippen molar-refractivity contribution in [1.29, 1.82) is 0 Å². The monoisotopic (exact) mass is 354 g/mol. The molecule has 0 unspecified atom stereocenters. The topological polar surface area (TPSA) is 56.7 Å². The maximum Gasteiger partial charge on any atom is 0.193 e. The normalized spacial score (nSPS) is 11.2. The Morgan fingerprint density at radius 3 is 3.00 bits per heavy atom. The van der Waals surface area contributed by atoms with Gasteiger partial charge in [0.2, 0.25) is 0 Å². The molecule has 0 amide bonds. The lowest BCUT2D eigenvalue weighted by Crippen LogP contribution is -2.03. The van der Waals surface area contributed by atoms with Crippen LogP contribution in [0.2, 0.25) is 0 Å². The van der Waals surface area contributed by atoms with Gasteiger partial charge in [-0.2, -0.15) is 0 Å². The van der Waals surface area contributed by atoms with E-state index in [0.717, 1.165) is 11.9 Å². The molecule has 0 fully saturated rings. The van der Waals surface area contributed by atoms with Crippen LogP contribution in [0.1, 0.15) is 6.42 Å². The molecule has 0 saturated heterocycles. The van der Waals surface area contributed by atoms with Crippen molar-refractivity contribution < 1.29 is 9.15 Å². The zero-order chi connectivity index (χ0) is 17.2. The van der Waals surface area contributed by atoms with Gasteiger partial charge in [-0.15, -0.1) is 11.6 Å². The van der Waals surface area contributed by atoms with Gasteiger partial charge in [0.25, 0.3) is 0 Å². The highest BCUT2D eigenvalue weighted by Crippen LogP contribution is 2.24. The van der Waals surface area contributed by atoms with Crippen molar-refractivity contribution in [1.82, 2.24) is 9.38 Å². The Hall–Kier alpha value is -2.79. The minimum absolute atomic E-state index is 0.129. The quantitative estimate of drug-likeness (QED) is 0.399.